The van der Waals surface area contributed by atoms with E-state index in [4.69, 9.17) is 9.47 Å². The molecule has 0 unspecified atom stereocenters. The molecular formula is C40H53FN6O9S. The lowest BCUT2D eigenvalue weighted by atomic mass is 9.86. The maximum atomic E-state index is 16.8. The third-order valence-corrected chi connectivity index (χ3v) is 14.4. The zero-order valence-electron chi connectivity index (χ0n) is 33.4. The van der Waals surface area contributed by atoms with E-state index >= 15 is 9.18 Å². The molecule has 57 heavy (non-hydrogen) atoms. The van der Waals surface area contributed by atoms with Crippen molar-refractivity contribution in [1.29, 1.82) is 0 Å². The van der Waals surface area contributed by atoms with Crippen LogP contribution < -0.4 is 19.5 Å². The summed E-state index contributed by atoms with van der Waals surface area (Å²) in [6.07, 6.45) is 3.98. The van der Waals surface area contributed by atoms with E-state index in [-0.39, 0.29) is 61.5 Å². The van der Waals surface area contributed by atoms with Crippen LogP contribution >= 0.6 is 0 Å². The number of aryl methyl sites for hydroxylation is 1. The Bertz CT molecular complexity index is 2140. The zero-order valence-corrected chi connectivity index (χ0v) is 34.2. The standard InChI is InChI=1S/C40H53FN6O9S/c1-23-32-30(31-26(42-23)14-15-29(43-31)55-6)25(41)19-39(56-32)20-28-33(48)44-40(35(50)45-57(53,54)38(5)16-17-38)18-24(40)12-10-8-7-9-11-13-27(34(49)46(28)22-39)47(36(51)52)21-37(2,3)4/h10,12,14-15,24-25,27-28H,7-9,11,13,16-22H2,1-6H3,(H,44,48)(H,45,50)(H,51,52)/b12-10-/t24-,25-,27+,28+,39-,40-/m1/s1. The van der Waals surface area contributed by atoms with Gasteiger partial charge in [0.05, 0.1) is 35.2 Å². The molecule has 17 heteroatoms. The first-order chi connectivity index (χ1) is 26.7. The van der Waals surface area contributed by atoms with Crippen LogP contribution in [0.25, 0.3) is 11.0 Å². The number of rotatable bonds is 6. The Morgan fingerprint density at radius 3 is 2.54 bits per heavy atom. The van der Waals surface area contributed by atoms with E-state index in [1.54, 1.807) is 26.0 Å². The predicted octanol–water partition coefficient (Wildman–Crippen LogP) is 4.87. The van der Waals surface area contributed by atoms with Gasteiger partial charge in [-0.15, -0.1) is 0 Å². The lowest BCUT2D eigenvalue weighted by Crippen LogP contribution is -2.59. The summed E-state index contributed by atoms with van der Waals surface area (Å²) in [5.74, 6) is -2.38. The Morgan fingerprint density at radius 2 is 1.88 bits per heavy atom. The number of fused-ring (bicyclic) bond motifs is 5. The molecule has 0 bridgehead atoms. The van der Waals surface area contributed by atoms with Crippen molar-refractivity contribution in [3.05, 3.63) is 35.5 Å². The first kappa shape index (κ1) is 40.6. The van der Waals surface area contributed by atoms with Crippen molar-refractivity contribution in [2.24, 2.45) is 11.3 Å². The van der Waals surface area contributed by atoms with Crippen molar-refractivity contribution in [3.8, 4) is 11.6 Å². The molecule has 6 atom stereocenters. The molecule has 0 radical (unpaired) electrons. The fraction of sp³-hybridized carbons (Fsp3) is 0.650. The van der Waals surface area contributed by atoms with Crippen LogP contribution in [0.3, 0.4) is 0 Å². The fourth-order valence-corrected chi connectivity index (χ4v) is 9.95. The van der Waals surface area contributed by atoms with Crippen molar-refractivity contribution in [2.75, 3.05) is 20.2 Å². The maximum Gasteiger partial charge on any atom is 0.407 e. The summed E-state index contributed by atoms with van der Waals surface area (Å²) < 4.78 is 56.4. The van der Waals surface area contributed by atoms with Crippen LogP contribution in [0.4, 0.5) is 9.18 Å². The average Bonchev–Trinajstić information content (AvgIpc) is 4.02. The smallest absolute Gasteiger partial charge is 0.407 e. The van der Waals surface area contributed by atoms with Crippen molar-refractivity contribution >= 4 is 44.9 Å². The van der Waals surface area contributed by atoms with Gasteiger partial charge in [0, 0.05) is 31.4 Å². The number of allylic oxidation sites excluding steroid dienone is 1. The number of methoxy groups -OCH3 is 1. The first-order valence-electron chi connectivity index (χ1n) is 19.8. The van der Waals surface area contributed by atoms with Gasteiger partial charge in [-0.3, -0.25) is 24.0 Å². The molecular weight excluding hydrogens is 760 g/mol. The third-order valence-electron chi connectivity index (χ3n) is 12.2. The molecule has 1 spiro atoms. The molecule has 0 aromatic carbocycles. The summed E-state index contributed by atoms with van der Waals surface area (Å²) in [5.41, 5.74) is -2.36. The number of carbonyl (C=O) groups is 4. The molecule has 4 amide bonds. The second-order valence-electron chi connectivity index (χ2n) is 18.0. The largest absolute Gasteiger partial charge is 0.483 e. The monoisotopic (exact) mass is 812 g/mol. The Hall–Kier alpha value is -4.54. The lowest BCUT2D eigenvalue weighted by molar-refractivity contribution is -0.143. The van der Waals surface area contributed by atoms with Gasteiger partial charge >= 0.3 is 6.09 Å². The highest BCUT2D eigenvalue weighted by Crippen LogP contribution is 2.51. The molecule has 1 saturated heterocycles. The summed E-state index contributed by atoms with van der Waals surface area (Å²) in [5, 5.41) is 13.4. The first-order valence-corrected chi connectivity index (χ1v) is 21.2. The molecule has 2 aromatic heterocycles. The van der Waals surface area contributed by atoms with E-state index in [0.29, 0.717) is 43.3 Å². The van der Waals surface area contributed by atoms with Crippen LogP contribution in [0.2, 0.25) is 0 Å². The molecule has 3 aliphatic heterocycles. The van der Waals surface area contributed by atoms with Gasteiger partial charge in [-0.2, -0.15) is 0 Å². The predicted molar refractivity (Wildman–Crippen MR) is 207 cm³/mol. The minimum absolute atomic E-state index is 0.0283. The zero-order chi connectivity index (χ0) is 41.3. The Kier molecular flexibility index (Phi) is 10.3. The van der Waals surface area contributed by atoms with Gasteiger partial charge in [0.1, 0.15) is 40.7 Å². The number of carbonyl (C=O) groups excluding carboxylic acids is 3. The minimum atomic E-state index is -4.06. The number of amides is 4. The number of sulfonamides is 1. The summed E-state index contributed by atoms with van der Waals surface area (Å²) in [6.45, 7) is 8.60. The Labute approximate surface area is 332 Å². The third kappa shape index (κ3) is 7.63. The molecule has 3 N–H and O–H groups in total. The van der Waals surface area contributed by atoms with Gasteiger partial charge in [-0.25, -0.2) is 27.6 Å². The number of ether oxygens (including phenoxy) is 2. The van der Waals surface area contributed by atoms with E-state index < -0.39 is 79.3 Å². The second kappa shape index (κ2) is 14.4. The quantitative estimate of drug-likeness (QED) is 0.337. The molecule has 5 aliphatic rings. The summed E-state index contributed by atoms with van der Waals surface area (Å²) in [7, 11) is -2.61. The highest BCUT2D eigenvalue weighted by Gasteiger charge is 2.64. The molecule has 3 fully saturated rings. The van der Waals surface area contributed by atoms with E-state index in [0.717, 1.165) is 11.3 Å². The summed E-state index contributed by atoms with van der Waals surface area (Å²) in [4.78, 5) is 68.1. The number of nitrogens with zero attached hydrogens (tertiary/aromatic N) is 4. The summed E-state index contributed by atoms with van der Waals surface area (Å²) >= 11 is 0. The van der Waals surface area contributed by atoms with Gasteiger partial charge in [0.25, 0.3) is 5.91 Å². The van der Waals surface area contributed by atoms with Crippen molar-refractivity contribution in [1.82, 2.24) is 29.8 Å². The maximum absolute atomic E-state index is 16.8. The minimum Gasteiger partial charge on any atom is -0.483 e. The van der Waals surface area contributed by atoms with E-state index in [1.807, 2.05) is 32.9 Å². The number of pyridine rings is 2. The number of hydrogen-bond donors (Lipinski definition) is 3. The second-order valence-corrected chi connectivity index (χ2v) is 20.2. The van der Waals surface area contributed by atoms with Crippen molar-refractivity contribution in [2.45, 2.75) is 133 Å². The van der Waals surface area contributed by atoms with Gasteiger partial charge in [-0.1, -0.05) is 45.8 Å². The van der Waals surface area contributed by atoms with E-state index in [2.05, 4.69) is 20.0 Å². The van der Waals surface area contributed by atoms with Gasteiger partial charge in [0.2, 0.25) is 27.7 Å². The molecule has 2 aliphatic carbocycles. The van der Waals surface area contributed by atoms with Crippen LogP contribution in [0.15, 0.2) is 24.3 Å². The number of aromatic nitrogens is 2. The number of nitrogens with one attached hydrogen (secondary N) is 2. The SMILES string of the molecule is COc1ccc2nc(C)c3c(c2n1)[C@H](F)C[C@]1(C[C@H]2C(=O)N[C@]4(C(=O)NS(=O)(=O)C5(C)CC5)C[C@H]4/C=C\CCCCC[C@H](N(CC(C)(C)C)C(=O)O)C(=O)N2C1)O3. The molecule has 5 heterocycles. The fourth-order valence-electron chi connectivity index (χ4n) is 8.64. The van der Waals surface area contributed by atoms with Crippen LogP contribution in [-0.2, 0) is 24.4 Å². The van der Waals surface area contributed by atoms with Gasteiger partial charge < -0.3 is 24.8 Å². The van der Waals surface area contributed by atoms with Crippen LogP contribution in [0.5, 0.6) is 11.6 Å². The molecule has 2 aromatic rings. The molecule has 15 nitrogen and oxygen atoms in total. The molecule has 310 valence electrons. The van der Waals surface area contributed by atoms with Gasteiger partial charge in [-0.05, 0) is 63.9 Å². The lowest BCUT2D eigenvalue weighted by Gasteiger charge is -2.39. The highest BCUT2D eigenvalue weighted by molar-refractivity contribution is 7.91. The Balaban J connectivity index is 1.29. The summed E-state index contributed by atoms with van der Waals surface area (Å²) in [6, 6.07) is 0.792. The Morgan fingerprint density at radius 1 is 1.14 bits per heavy atom. The van der Waals surface area contributed by atoms with Crippen molar-refractivity contribution in [3.63, 3.8) is 0 Å². The number of halogens is 1. The van der Waals surface area contributed by atoms with E-state index in [1.165, 1.54) is 12.0 Å². The van der Waals surface area contributed by atoms with Gasteiger partial charge in [0.15, 0.2) is 0 Å². The number of alkyl halides is 1. The van der Waals surface area contributed by atoms with Crippen LogP contribution in [-0.4, -0.2) is 105 Å². The van der Waals surface area contributed by atoms with Crippen LogP contribution in [0, 0.1) is 18.3 Å². The number of carboxylic acid groups (broad SMARTS) is 1. The van der Waals surface area contributed by atoms with Crippen LogP contribution in [0.1, 0.15) is 109 Å². The van der Waals surface area contributed by atoms with E-state index in [9.17, 15) is 27.9 Å². The number of hydrogen-bond acceptors (Lipinski definition) is 10. The highest BCUT2D eigenvalue weighted by atomic mass is 32.2. The van der Waals surface area contributed by atoms with Crippen molar-refractivity contribution < 1.29 is 46.6 Å². The molecule has 7 rings (SSSR count). The normalized spacial score (nSPS) is 30.4. The molecule has 2 saturated carbocycles. The average molecular weight is 813 g/mol. The topological polar surface area (TPSA) is 197 Å².